The summed E-state index contributed by atoms with van der Waals surface area (Å²) in [5.41, 5.74) is -0.387. The van der Waals surface area contributed by atoms with E-state index in [4.69, 9.17) is 0 Å². The summed E-state index contributed by atoms with van der Waals surface area (Å²) in [6.45, 7) is 18.1. The number of carbonyl (C=O) groups excluding carboxylic acids is 6. The van der Waals surface area contributed by atoms with Crippen LogP contribution in [0.3, 0.4) is 0 Å². The quantitative estimate of drug-likeness (QED) is 0.180. The number of Topliss-reactive ketones (excluding diaryl/α,β-unsaturated/α-hetero) is 1. The van der Waals surface area contributed by atoms with Crippen molar-refractivity contribution in [3.8, 4) is 0 Å². The van der Waals surface area contributed by atoms with Gasteiger partial charge in [-0.3, -0.25) is 24.0 Å². The van der Waals surface area contributed by atoms with Crippen molar-refractivity contribution in [2.45, 2.75) is 106 Å². The molecule has 48 heavy (non-hydrogen) atoms. The second kappa shape index (κ2) is 16.0. The Bertz CT molecular complexity index is 1340. The number of rotatable bonds is 15. The molecule has 12 heteroatoms. The Morgan fingerprint density at radius 1 is 0.917 bits per heavy atom. The predicted molar refractivity (Wildman–Crippen MR) is 184 cm³/mol. The Morgan fingerprint density at radius 2 is 1.56 bits per heavy atom. The lowest BCUT2D eigenvalue weighted by atomic mass is 9.85. The van der Waals surface area contributed by atoms with E-state index in [0.717, 1.165) is 0 Å². The van der Waals surface area contributed by atoms with Gasteiger partial charge in [0.05, 0.1) is 12.1 Å². The lowest BCUT2D eigenvalue weighted by Crippen LogP contribution is -2.62. The molecular weight excluding hydrogens is 612 g/mol. The lowest BCUT2D eigenvalue weighted by molar-refractivity contribution is -0.145. The minimum Gasteiger partial charge on any atom is -0.350 e. The molecule has 0 radical (unpaired) electrons. The van der Waals surface area contributed by atoms with Crippen molar-refractivity contribution >= 4 is 35.4 Å². The topological polar surface area (TPSA) is 166 Å². The molecular formula is C36H56N6O6. The van der Waals surface area contributed by atoms with Crippen molar-refractivity contribution in [3.63, 3.8) is 0 Å². The Kier molecular flexibility index (Phi) is 12.8. The van der Waals surface area contributed by atoms with Crippen LogP contribution in [0.25, 0.3) is 0 Å². The zero-order chi connectivity index (χ0) is 36.0. The molecule has 1 saturated heterocycles. The Balaban J connectivity index is 1.76. The Labute approximate surface area is 285 Å². The average Bonchev–Trinajstić information content (AvgIpc) is 3.34. The molecule has 0 bridgehead atoms. The number of ketones is 1. The molecule has 266 valence electrons. The van der Waals surface area contributed by atoms with Crippen molar-refractivity contribution in [2.24, 2.45) is 28.6 Å². The maximum absolute atomic E-state index is 14.3. The monoisotopic (exact) mass is 668 g/mol. The van der Waals surface area contributed by atoms with Gasteiger partial charge >= 0.3 is 6.03 Å². The third-order valence-corrected chi connectivity index (χ3v) is 9.76. The minimum absolute atomic E-state index is 0.0283. The van der Waals surface area contributed by atoms with Crippen LogP contribution in [-0.4, -0.2) is 84.1 Å². The van der Waals surface area contributed by atoms with Crippen LogP contribution in [0.5, 0.6) is 0 Å². The first-order valence-electron chi connectivity index (χ1n) is 17.3. The van der Waals surface area contributed by atoms with Crippen molar-refractivity contribution < 1.29 is 28.8 Å². The number of fused-ring (bicyclic) bond motifs is 1. The average molecular weight is 669 g/mol. The fourth-order valence-electron chi connectivity index (χ4n) is 6.62. The number of hydrogen-bond donors (Lipinski definition) is 5. The van der Waals surface area contributed by atoms with Gasteiger partial charge in [0.2, 0.25) is 17.6 Å². The number of nitrogens with one attached hydrogen (secondary N) is 5. The molecule has 5 N–H and O–H groups in total. The van der Waals surface area contributed by atoms with Crippen LogP contribution in [0.15, 0.2) is 30.3 Å². The predicted octanol–water partition coefficient (Wildman–Crippen LogP) is 3.02. The Morgan fingerprint density at radius 3 is 2.12 bits per heavy atom. The highest BCUT2D eigenvalue weighted by atomic mass is 16.2. The maximum atomic E-state index is 14.3. The van der Waals surface area contributed by atoms with Crippen LogP contribution in [0.2, 0.25) is 0 Å². The van der Waals surface area contributed by atoms with Crippen LogP contribution < -0.4 is 26.6 Å². The van der Waals surface area contributed by atoms with Gasteiger partial charge in [0, 0.05) is 25.2 Å². The summed E-state index contributed by atoms with van der Waals surface area (Å²) in [7, 11) is 0. The smallest absolute Gasteiger partial charge is 0.315 e. The van der Waals surface area contributed by atoms with Crippen molar-refractivity contribution in [2.75, 3.05) is 19.6 Å². The number of urea groups is 1. The van der Waals surface area contributed by atoms with Gasteiger partial charge in [-0.25, -0.2) is 4.79 Å². The van der Waals surface area contributed by atoms with E-state index in [9.17, 15) is 28.8 Å². The molecule has 0 spiro atoms. The summed E-state index contributed by atoms with van der Waals surface area (Å²) in [5.74, 6) is -2.62. The fourth-order valence-corrected chi connectivity index (χ4v) is 6.62. The highest BCUT2D eigenvalue weighted by molar-refractivity contribution is 6.38. The number of carbonyl (C=O) groups is 6. The third-order valence-electron chi connectivity index (χ3n) is 9.76. The standard InChI is InChI=1S/C36H56N6O6/c1-10-15-24(28(43)32(46)37-18-11-2)39-31(45)27-26-23(36(26,8)9)20-42(27)33(47)29(35(5,6)7)41-34(48)40-25(21(3)4)19-38-30(44)22-16-13-12-14-17-22/h12-14,16-17,21,23-27,29H,10-11,15,18-20H2,1-9H3,(H,37,46)(H,38,44)(H,39,45)(H2,40,41,48)/t23-,24?,25+,26-,27-,29+/m0/s1. The summed E-state index contributed by atoms with van der Waals surface area (Å²) in [5, 5.41) is 14.1. The van der Waals surface area contributed by atoms with Crippen molar-refractivity contribution in [1.82, 2.24) is 31.5 Å². The number of hydrogen-bond acceptors (Lipinski definition) is 6. The lowest BCUT2D eigenvalue weighted by Gasteiger charge is -2.38. The summed E-state index contributed by atoms with van der Waals surface area (Å²) < 4.78 is 0. The van der Waals surface area contributed by atoms with Crippen molar-refractivity contribution in [3.05, 3.63) is 35.9 Å². The number of piperidine rings is 1. The van der Waals surface area contributed by atoms with Gasteiger partial charge in [-0.2, -0.15) is 0 Å². The van der Waals surface area contributed by atoms with E-state index in [-0.39, 0.29) is 42.0 Å². The molecule has 12 nitrogen and oxygen atoms in total. The van der Waals surface area contributed by atoms with Gasteiger partial charge in [0.15, 0.2) is 0 Å². The molecule has 2 fully saturated rings. The molecule has 6 atom stereocenters. The second-order valence-electron chi connectivity index (χ2n) is 15.2. The SMILES string of the molecule is CCCNC(=O)C(=O)C(CCC)NC(=O)[C@@H]1[C@@H]2[C@H](CN1C(=O)[C@@H](NC(=O)N[C@H](CNC(=O)c1ccccc1)C(C)C)C(C)(C)C)C2(C)C. The minimum atomic E-state index is -1.00. The van der Waals surface area contributed by atoms with E-state index >= 15 is 0 Å². The summed E-state index contributed by atoms with van der Waals surface area (Å²) >= 11 is 0. The first-order chi connectivity index (χ1) is 22.4. The highest BCUT2D eigenvalue weighted by Crippen LogP contribution is 2.65. The van der Waals surface area contributed by atoms with Gasteiger partial charge < -0.3 is 31.5 Å². The first kappa shape index (κ1) is 38.5. The number of nitrogens with zero attached hydrogens (tertiary/aromatic N) is 1. The largest absolute Gasteiger partial charge is 0.350 e. The zero-order valence-corrected chi connectivity index (χ0v) is 30.1. The van der Waals surface area contributed by atoms with Gasteiger partial charge in [0.1, 0.15) is 12.1 Å². The molecule has 6 amide bonds. The maximum Gasteiger partial charge on any atom is 0.315 e. The van der Waals surface area contributed by atoms with Crippen molar-refractivity contribution in [1.29, 1.82) is 0 Å². The van der Waals surface area contributed by atoms with Gasteiger partial charge in [-0.1, -0.05) is 86.9 Å². The highest BCUT2D eigenvalue weighted by Gasteiger charge is 2.70. The van der Waals surface area contributed by atoms with Crippen LogP contribution >= 0.6 is 0 Å². The van der Waals surface area contributed by atoms with Gasteiger partial charge in [0.25, 0.3) is 11.8 Å². The molecule has 1 heterocycles. The van der Waals surface area contributed by atoms with Gasteiger partial charge in [-0.15, -0.1) is 0 Å². The number of amides is 6. The second-order valence-corrected chi connectivity index (χ2v) is 15.2. The molecule has 1 aliphatic carbocycles. The number of likely N-dealkylation sites (tertiary alicyclic amines) is 1. The first-order valence-corrected chi connectivity index (χ1v) is 17.3. The normalized spacial score (nSPS) is 21.3. The van der Waals surface area contributed by atoms with E-state index in [1.165, 1.54) is 4.90 Å². The van der Waals surface area contributed by atoms with E-state index in [1.54, 1.807) is 24.3 Å². The van der Waals surface area contributed by atoms with E-state index in [2.05, 4.69) is 40.4 Å². The summed E-state index contributed by atoms with van der Waals surface area (Å²) in [4.78, 5) is 81.3. The van der Waals surface area contributed by atoms with Gasteiger partial charge in [-0.05, 0) is 53.6 Å². The summed E-state index contributed by atoms with van der Waals surface area (Å²) in [6, 6.07) is 4.98. The summed E-state index contributed by atoms with van der Waals surface area (Å²) in [6.07, 6.45) is 1.53. The van der Waals surface area contributed by atoms with Crippen LogP contribution in [-0.2, 0) is 19.2 Å². The molecule has 1 aromatic rings. The molecule has 3 rings (SSSR count). The molecule has 1 aromatic carbocycles. The zero-order valence-electron chi connectivity index (χ0n) is 30.1. The third kappa shape index (κ3) is 9.14. The van der Waals surface area contributed by atoms with Crippen LogP contribution in [0, 0.1) is 28.6 Å². The fraction of sp³-hybridized carbons (Fsp3) is 0.667. The molecule has 1 saturated carbocycles. The molecule has 2 aliphatic rings. The van der Waals surface area contributed by atoms with E-state index in [1.807, 2.05) is 54.5 Å². The molecule has 1 aliphatic heterocycles. The van der Waals surface area contributed by atoms with E-state index in [0.29, 0.717) is 31.5 Å². The number of benzene rings is 1. The molecule has 0 aromatic heterocycles. The Hall–Kier alpha value is -3.96. The van der Waals surface area contributed by atoms with E-state index < -0.39 is 59.1 Å². The van der Waals surface area contributed by atoms with Crippen LogP contribution in [0.1, 0.15) is 91.9 Å². The molecule has 1 unspecified atom stereocenters. The van der Waals surface area contributed by atoms with Crippen LogP contribution in [0.4, 0.5) is 4.79 Å².